The molecule has 0 aromatic rings. The van der Waals surface area contributed by atoms with Crippen LogP contribution < -0.4 is 0 Å². The van der Waals surface area contributed by atoms with Crippen LogP contribution in [0, 0.1) is 11.8 Å². The molecular formula is C10H15N. The molecule has 0 amide bonds. The Hall–Kier alpha value is -1.55. The zero-order valence-corrected chi connectivity index (χ0v) is 7.09. The number of hydrogen-bond donors (Lipinski definition) is 0. The van der Waals surface area contributed by atoms with Gasteiger partial charge in [0.2, 0.25) is 0 Å². The van der Waals surface area contributed by atoms with E-state index in [1.165, 1.54) is 0 Å². The second-order valence-electron chi connectivity index (χ2n) is 1.52. The molecule has 1 nitrogen and oxygen atoms in total. The van der Waals surface area contributed by atoms with Crippen LogP contribution in [-0.2, 0) is 0 Å². The number of hydrogen-bond acceptors (Lipinski definition) is 1. The lowest BCUT2D eigenvalue weighted by Gasteiger charge is -1.71. The highest BCUT2D eigenvalue weighted by Crippen LogP contribution is 1.81. The standard InChI is InChI=1S/C5H8.C4H6.CHN/c1-4-5(2)3;1-3-4-2;1-2/h4H,1-2H2,3H3;3-4H,1-2H2;1H. The topological polar surface area (TPSA) is 23.8 Å². The highest BCUT2D eigenvalue weighted by Gasteiger charge is 1.59. The third-order valence-corrected chi connectivity index (χ3v) is 0.515. The van der Waals surface area contributed by atoms with Crippen LogP contribution in [0.2, 0.25) is 0 Å². The molecular weight excluding hydrogens is 134 g/mol. The summed E-state index contributed by atoms with van der Waals surface area (Å²) in [5.41, 5.74) is 1.02. The van der Waals surface area contributed by atoms with Gasteiger partial charge >= 0.3 is 0 Å². The minimum atomic E-state index is 1.02. The van der Waals surface area contributed by atoms with Gasteiger partial charge in [-0.3, -0.25) is 0 Å². The van der Waals surface area contributed by atoms with Crippen LogP contribution in [0.25, 0.3) is 0 Å². The average Bonchev–Trinajstić information content (AvgIpc) is 2.08. The average molecular weight is 149 g/mol. The number of nitriles is 1. The first-order valence-corrected chi connectivity index (χ1v) is 2.96. The van der Waals surface area contributed by atoms with E-state index in [0.717, 1.165) is 5.57 Å². The normalized spacial score (nSPS) is 5.00. The molecule has 0 bridgehead atoms. The number of nitrogens with zero attached hydrogens (tertiary/aromatic N) is 1. The quantitative estimate of drug-likeness (QED) is 0.553. The minimum absolute atomic E-state index is 1.02. The second kappa shape index (κ2) is 23.7. The molecule has 0 aromatic carbocycles. The molecule has 0 atom stereocenters. The summed E-state index contributed by atoms with van der Waals surface area (Å²) in [4.78, 5) is 0. The molecule has 0 aromatic heterocycles. The third-order valence-electron chi connectivity index (χ3n) is 0.515. The molecule has 0 heterocycles. The van der Waals surface area contributed by atoms with E-state index in [-0.39, 0.29) is 0 Å². The predicted octanol–water partition coefficient (Wildman–Crippen LogP) is 3.25. The molecule has 0 aliphatic heterocycles. The first-order valence-electron chi connectivity index (χ1n) is 2.96. The van der Waals surface area contributed by atoms with Gasteiger partial charge < -0.3 is 0 Å². The zero-order chi connectivity index (χ0) is 9.70. The molecule has 0 unspecified atom stereocenters. The van der Waals surface area contributed by atoms with Crippen molar-refractivity contribution in [3.8, 4) is 6.57 Å². The monoisotopic (exact) mass is 149 g/mol. The molecule has 11 heavy (non-hydrogen) atoms. The van der Waals surface area contributed by atoms with E-state index in [9.17, 15) is 0 Å². The van der Waals surface area contributed by atoms with Crippen LogP contribution in [-0.4, -0.2) is 0 Å². The summed E-state index contributed by atoms with van der Waals surface area (Å²) in [5, 5.41) is 6.50. The van der Waals surface area contributed by atoms with Gasteiger partial charge in [-0.1, -0.05) is 50.1 Å². The van der Waals surface area contributed by atoms with Gasteiger partial charge in [-0.05, 0) is 6.92 Å². The van der Waals surface area contributed by atoms with Crippen molar-refractivity contribution >= 4 is 0 Å². The fraction of sp³-hybridized carbons (Fsp3) is 0.100. The van der Waals surface area contributed by atoms with E-state index in [4.69, 9.17) is 5.26 Å². The first kappa shape index (κ1) is 16.2. The van der Waals surface area contributed by atoms with Crippen molar-refractivity contribution in [3.63, 3.8) is 0 Å². The van der Waals surface area contributed by atoms with Crippen LogP contribution in [0.15, 0.2) is 50.1 Å². The third kappa shape index (κ3) is 167. The summed E-state index contributed by atoms with van der Waals surface area (Å²) < 4.78 is 0. The molecule has 60 valence electrons. The number of rotatable bonds is 2. The van der Waals surface area contributed by atoms with Gasteiger partial charge in [-0.15, -0.1) is 0 Å². The van der Waals surface area contributed by atoms with Crippen molar-refractivity contribution in [3.05, 3.63) is 50.1 Å². The Balaban J connectivity index is -0.0000000965. The molecule has 0 fully saturated rings. The summed E-state index contributed by atoms with van der Waals surface area (Å²) >= 11 is 0. The van der Waals surface area contributed by atoms with Crippen LogP contribution >= 0.6 is 0 Å². The summed E-state index contributed by atoms with van der Waals surface area (Å²) in [7, 11) is 0. The van der Waals surface area contributed by atoms with Gasteiger partial charge in [-0.2, -0.15) is 0 Å². The van der Waals surface area contributed by atoms with Gasteiger partial charge in [0.15, 0.2) is 0 Å². The Bertz CT molecular complexity index is 134. The maximum absolute atomic E-state index is 6.50. The first-order chi connectivity index (χ1) is 5.18. The fourth-order valence-corrected chi connectivity index (χ4v) is 0. The molecule has 0 N–H and O–H groups in total. The lowest BCUT2D eigenvalue weighted by atomic mass is 10.4. The van der Waals surface area contributed by atoms with Crippen LogP contribution in [0.5, 0.6) is 0 Å². The van der Waals surface area contributed by atoms with E-state index in [1.807, 2.05) is 6.92 Å². The Kier molecular flexibility index (Phi) is 34.9. The van der Waals surface area contributed by atoms with Crippen molar-refractivity contribution in [2.75, 3.05) is 0 Å². The molecule has 0 rings (SSSR count). The van der Waals surface area contributed by atoms with Crippen LogP contribution in [0.3, 0.4) is 0 Å². The Labute approximate surface area is 69.7 Å². The van der Waals surface area contributed by atoms with Crippen molar-refractivity contribution in [2.45, 2.75) is 6.92 Å². The smallest absolute Gasteiger partial charge is 0.0462 e. The molecule has 1 heteroatoms. The zero-order valence-electron chi connectivity index (χ0n) is 7.09. The molecule has 0 spiro atoms. The largest absolute Gasteiger partial charge is 0.202 e. The van der Waals surface area contributed by atoms with Crippen LogP contribution in [0.1, 0.15) is 6.92 Å². The molecule has 0 saturated carbocycles. The lowest BCUT2D eigenvalue weighted by Crippen LogP contribution is -1.50. The van der Waals surface area contributed by atoms with E-state index >= 15 is 0 Å². The number of allylic oxidation sites excluding steroid dienone is 4. The van der Waals surface area contributed by atoms with E-state index in [0.29, 0.717) is 0 Å². The van der Waals surface area contributed by atoms with Gasteiger partial charge in [0.1, 0.15) is 0 Å². The Morgan fingerprint density at radius 2 is 1.36 bits per heavy atom. The second-order valence-corrected chi connectivity index (χ2v) is 1.52. The van der Waals surface area contributed by atoms with Gasteiger partial charge in [-0.25, -0.2) is 5.26 Å². The van der Waals surface area contributed by atoms with Crippen molar-refractivity contribution in [2.24, 2.45) is 0 Å². The summed E-state index contributed by atoms with van der Waals surface area (Å²) in [6.45, 7) is 19.1. The van der Waals surface area contributed by atoms with Crippen molar-refractivity contribution in [1.82, 2.24) is 0 Å². The van der Waals surface area contributed by atoms with E-state index < -0.39 is 0 Å². The molecule has 0 aliphatic carbocycles. The highest BCUT2D eigenvalue weighted by atomic mass is 14.2. The molecule has 0 aliphatic rings. The lowest BCUT2D eigenvalue weighted by molar-refractivity contribution is 1.58. The van der Waals surface area contributed by atoms with Gasteiger partial charge in [0.05, 0.1) is 0 Å². The van der Waals surface area contributed by atoms with Gasteiger partial charge in [0.25, 0.3) is 0 Å². The SMILES string of the molecule is C#N.C=CC(=C)C.C=CC=C. The summed E-state index contributed by atoms with van der Waals surface area (Å²) in [5.74, 6) is 0. The summed E-state index contributed by atoms with van der Waals surface area (Å²) in [6.07, 6.45) is 5.00. The van der Waals surface area contributed by atoms with E-state index in [1.54, 1.807) is 18.2 Å². The Morgan fingerprint density at radius 3 is 1.36 bits per heavy atom. The van der Waals surface area contributed by atoms with E-state index in [2.05, 4.69) is 32.9 Å². The predicted molar refractivity (Wildman–Crippen MR) is 52.1 cm³/mol. The summed E-state index contributed by atoms with van der Waals surface area (Å²) in [6, 6.07) is 0. The Morgan fingerprint density at radius 1 is 1.18 bits per heavy atom. The minimum Gasteiger partial charge on any atom is -0.202 e. The van der Waals surface area contributed by atoms with Gasteiger partial charge in [0, 0.05) is 6.57 Å². The van der Waals surface area contributed by atoms with Crippen LogP contribution in [0.4, 0.5) is 0 Å². The molecule has 0 saturated heterocycles. The maximum atomic E-state index is 6.50. The maximum Gasteiger partial charge on any atom is 0.0462 e. The van der Waals surface area contributed by atoms with Crippen molar-refractivity contribution < 1.29 is 0 Å². The highest BCUT2D eigenvalue weighted by molar-refractivity contribution is 5.05. The fourth-order valence-electron chi connectivity index (χ4n) is 0. The molecule has 0 radical (unpaired) electrons. The van der Waals surface area contributed by atoms with Crippen molar-refractivity contribution in [1.29, 1.82) is 5.26 Å².